The number of benzene rings is 2. The number of carbonyl (C=O) groups excluding carboxylic acids is 1. The first-order chi connectivity index (χ1) is 17.6. The van der Waals surface area contributed by atoms with Crippen molar-refractivity contribution in [2.75, 3.05) is 0 Å². The lowest BCUT2D eigenvalue weighted by Gasteiger charge is -2.31. The largest absolute Gasteiger partial charge is 0.431 e. The molecule has 0 N–H and O–H groups in total. The molecule has 2 atom stereocenters. The van der Waals surface area contributed by atoms with Crippen LogP contribution in [0.5, 0.6) is 0 Å². The first kappa shape index (κ1) is 30.7. The zero-order valence-electron chi connectivity index (χ0n) is 20.3. The molecular formula is C25H18ClF11O2. The molecule has 1 fully saturated rings. The lowest BCUT2D eigenvalue weighted by Crippen LogP contribution is -2.43. The summed E-state index contributed by atoms with van der Waals surface area (Å²) < 4.78 is 162. The SMILES string of the molecule is Cc1c(F)ccc(C(F)(F)OC(=O)C2(C(F)(F)c3ccc(F)c(C)c3F)C(C=C(Cl)C(F)(F)F)C2(C)C)c1F. The fourth-order valence-corrected chi connectivity index (χ4v) is 4.88. The van der Waals surface area contributed by atoms with Crippen LogP contribution in [0.4, 0.5) is 48.3 Å². The predicted octanol–water partition coefficient (Wildman–Crippen LogP) is 8.57. The third kappa shape index (κ3) is 4.55. The number of allylic oxidation sites excluding steroid dienone is 2. The van der Waals surface area contributed by atoms with Crippen molar-refractivity contribution in [3.8, 4) is 0 Å². The van der Waals surface area contributed by atoms with Crippen molar-refractivity contribution >= 4 is 17.6 Å². The Balaban J connectivity index is 2.25. The summed E-state index contributed by atoms with van der Waals surface area (Å²) in [4.78, 5) is 13.2. The van der Waals surface area contributed by atoms with E-state index < -0.39 is 91.5 Å². The molecule has 0 bridgehead atoms. The van der Waals surface area contributed by atoms with Crippen molar-refractivity contribution in [1.82, 2.24) is 0 Å². The molecule has 2 nitrogen and oxygen atoms in total. The molecule has 2 unspecified atom stereocenters. The molecule has 1 saturated carbocycles. The molecule has 0 aromatic heterocycles. The van der Waals surface area contributed by atoms with Gasteiger partial charge < -0.3 is 4.74 Å². The number of carbonyl (C=O) groups is 1. The highest BCUT2D eigenvalue weighted by atomic mass is 35.5. The van der Waals surface area contributed by atoms with E-state index in [1.165, 1.54) is 0 Å². The first-order valence-corrected chi connectivity index (χ1v) is 11.3. The maximum atomic E-state index is 16.1. The Morgan fingerprint density at radius 1 is 0.846 bits per heavy atom. The molecule has 14 heteroatoms. The van der Waals surface area contributed by atoms with Crippen LogP contribution in [0.1, 0.15) is 36.1 Å². The standard InChI is InChI=1S/C25H18ClF11O2/c1-10-14(27)7-5-12(18(10)29)23(31,32)22(16(21(22,3)4)9-17(26)24(33,34)35)20(38)39-25(36,37)13-6-8-15(28)11(2)19(13)30/h5-9,16H,1-4H3. The van der Waals surface area contributed by atoms with E-state index in [-0.39, 0.29) is 18.2 Å². The summed E-state index contributed by atoms with van der Waals surface area (Å²) in [7, 11) is 0. The van der Waals surface area contributed by atoms with Crippen molar-refractivity contribution in [1.29, 1.82) is 0 Å². The van der Waals surface area contributed by atoms with Crippen molar-refractivity contribution in [3.05, 3.63) is 80.9 Å². The Bertz CT molecular complexity index is 1360. The van der Waals surface area contributed by atoms with E-state index in [1.54, 1.807) is 0 Å². The highest BCUT2D eigenvalue weighted by molar-refractivity contribution is 6.30. The molecule has 39 heavy (non-hydrogen) atoms. The normalized spacial score (nSPS) is 21.6. The topological polar surface area (TPSA) is 26.3 Å². The molecule has 0 spiro atoms. The minimum absolute atomic E-state index is 0.0220. The van der Waals surface area contributed by atoms with E-state index in [1.807, 2.05) is 0 Å². The second-order valence-corrected chi connectivity index (χ2v) is 9.98. The van der Waals surface area contributed by atoms with Gasteiger partial charge in [-0.2, -0.15) is 30.7 Å². The third-order valence-electron chi connectivity index (χ3n) is 7.09. The van der Waals surface area contributed by atoms with Gasteiger partial charge in [-0.15, -0.1) is 0 Å². The number of hydrogen-bond donors (Lipinski definition) is 0. The Morgan fingerprint density at radius 2 is 1.28 bits per heavy atom. The maximum Gasteiger partial charge on any atom is 0.431 e. The van der Waals surface area contributed by atoms with Crippen LogP contribution >= 0.6 is 11.6 Å². The van der Waals surface area contributed by atoms with Gasteiger partial charge in [-0.1, -0.05) is 31.5 Å². The Labute approximate surface area is 219 Å². The van der Waals surface area contributed by atoms with Gasteiger partial charge in [0.25, 0.3) is 5.92 Å². The van der Waals surface area contributed by atoms with Crippen LogP contribution in [0.25, 0.3) is 0 Å². The molecule has 0 saturated heterocycles. The van der Waals surface area contributed by atoms with Gasteiger partial charge in [0.15, 0.2) is 0 Å². The average molecular weight is 595 g/mol. The highest BCUT2D eigenvalue weighted by Crippen LogP contribution is 2.79. The minimum atomic E-state index is -5.30. The van der Waals surface area contributed by atoms with E-state index >= 15 is 8.78 Å². The lowest BCUT2D eigenvalue weighted by molar-refractivity contribution is -0.257. The van der Waals surface area contributed by atoms with Crippen LogP contribution in [0.2, 0.25) is 0 Å². The second kappa shape index (κ2) is 9.38. The maximum absolute atomic E-state index is 16.1. The molecular weight excluding hydrogens is 577 g/mol. The van der Waals surface area contributed by atoms with E-state index in [4.69, 9.17) is 11.6 Å². The number of halogens is 12. The fourth-order valence-electron chi connectivity index (χ4n) is 4.75. The Morgan fingerprint density at radius 3 is 1.74 bits per heavy atom. The molecule has 1 aliphatic rings. The van der Waals surface area contributed by atoms with Crippen LogP contribution in [-0.4, -0.2) is 12.1 Å². The molecule has 214 valence electrons. The van der Waals surface area contributed by atoms with Crippen molar-refractivity contribution < 1.29 is 57.8 Å². The summed E-state index contributed by atoms with van der Waals surface area (Å²) in [5.41, 5.74) is -11.4. The quantitative estimate of drug-likeness (QED) is 0.247. The monoisotopic (exact) mass is 594 g/mol. The van der Waals surface area contributed by atoms with Gasteiger partial charge >= 0.3 is 18.3 Å². The Hall–Kier alpha value is -2.83. The average Bonchev–Trinajstić information content (AvgIpc) is 3.30. The predicted molar refractivity (Wildman–Crippen MR) is 116 cm³/mol. The van der Waals surface area contributed by atoms with Crippen LogP contribution in [0.15, 0.2) is 35.4 Å². The molecule has 2 aromatic rings. The van der Waals surface area contributed by atoms with Gasteiger partial charge in [-0.05, 0) is 43.5 Å². The minimum Gasteiger partial charge on any atom is -0.396 e. The van der Waals surface area contributed by atoms with E-state index in [2.05, 4.69) is 4.74 Å². The van der Waals surface area contributed by atoms with Crippen molar-refractivity contribution in [2.45, 2.75) is 45.9 Å². The zero-order valence-corrected chi connectivity index (χ0v) is 21.1. The van der Waals surface area contributed by atoms with E-state index in [0.717, 1.165) is 27.7 Å². The molecule has 0 aliphatic heterocycles. The van der Waals surface area contributed by atoms with Gasteiger partial charge in [0.05, 0.1) is 5.56 Å². The van der Waals surface area contributed by atoms with Crippen LogP contribution in [0, 0.1) is 53.9 Å². The summed E-state index contributed by atoms with van der Waals surface area (Å²) in [6, 6.07) is 1.14. The van der Waals surface area contributed by atoms with Crippen molar-refractivity contribution in [2.24, 2.45) is 16.7 Å². The first-order valence-electron chi connectivity index (χ1n) is 10.9. The number of hydrogen-bond acceptors (Lipinski definition) is 2. The molecule has 0 amide bonds. The molecule has 0 heterocycles. The van der Waals surface area contributed by atoms with Crippen LogP contribution < -0.4 is 0 Å². The van der Waals surface area contributed by atoms with Gasteiger partial charge in [-0.25, -0.2) is 17.6 Å². The summed E-state index contributed by atoms with van der Waals surface area (Å²) >= 11 is 5.19. The van der Waals surface area contributed by atoms with E-state index in [0.29, 0.717) is 12.1 Å². The second-order valence-electron chi connectivity index (χ2n) is 9.57. The number of ether oxygens (including phenoxy) is 1. The van der Waals surface area contributed by atoms with Crippen LogP contribution in [0.3, 0.4) is 0 Å². The van der Waals surface area contributed by atoms with Crippen LogP contribution in [-0.2, 0) is 21.6 Å². The van der Waals surface area contributed by atoms with Gasteiger partial charge in [-0.3, -0.25) is 4.79 Å². The molecule has 1 aliphatic carbocycles. The third-order valence-corrected chi connectivity index (χ3v) is 7.43. The zero-order chi connectivity index (χ0) is 30.1. The van der Waals surface area contributed by atoms with Gasteiger partial charge in [0, 0.05) is 17.0 Å². The number of esters is 1. The summed E-state index contributed by atoms with van der Waals surface area (Å²) in [5.74, 6) is -16.1. The highest BCUT2D eigenvalue weighted by Gasteiger charge is 2.87. The van der Waals surface area contributed by atoms with Gasteiger partial charge in [0.1, 0.15) is 39.3 Å². The molecule has 2 aromatic carbocycles. The summed E-state index contributed by atoms with van der Waals surface area (Å²) in [6.45, 7) is 3.09. The summed E-state index contributed by atoms with van der Waals surface area (Å²) in [6.07, 6.45) is -10.4. The summed E-state index contributed by atoms with van der Waals surface area (Å²) in [5, 5.41) is -1.99. The Kier molecular flexibility index (Phi) is 7.38. The molecule has 3 rings (SSSR count). The van der Waals surface area contributed by atoms with Crippen molar-refractivity contribution in [3.63, 3.8) is 0 Å². The number of rotatable bonds is 6. The lowest BCUT2D eigenvalue weighted by atomic mass is 9.83. The smallest absolute Gasteiger partial charge is 0.396 e. The number of alkyl halides is 7. The fraction of sp³-hybridized carbons (Fsp3) is 0.400. The molecule has 0 radical (unpaired) electrons. The van der Waals surface area contributed by atoms with Gasteiger partial charge in [0.2, 0.25) is 0 Å². The van der Waals surface area contributed by atoms with E-state index in [9.17, 15) is 44.3 Å².